The fraction of sp³-hybridized carbons (Fsp3) is 0.320. The third-order valence-corrected chi connectivity index (χ3v) is 6.47. The zero-order valence-electron chi connectivity index (χ0n) is 16.7. The number of ketones is 1. The van der Waals surface area contributed by atoms with Gasteiger partial charge in [0.05, 0.1) is 0 Å². The number of amides is 1. The van der Waals surface area contributed by atoms with Gasteiger partial charge in [-0.2, -0.15) is 0 Å². The van der Waals surface area contributed by atoms with Crippen LogP contribution in [0.1, 0.15) is 41.6 Å². The first-order chi connectivity index (χ1) is 14.7. The SMILES string of the molecule is O=C(c1cccc2ccncc12)C1CC2CCC(C1)N2C(=O)OCc1ccccc1. The maximum Gasteiger partial charge on any atom is 0.410 e. The number of ether oxygens (including phenoxy) is 1. The van der Waals surface area contributed by atoms with Gasteiger partial charge in [0.2, 0.25) is 0 Å². The van der Waals surface area contributed by atoms with E-state index in [1.165, 1.54) is 0 Å². The molecular formula is C25H24N2O3. The Morgan fingerprint density at radius 2 is 1.73 bits per heavy atom. The van der Waals surface area contributed by atoms with Gasteiger partial charge in [0.15, 0.2) is 5.78 Å². The predicted octanol–water partition coefficient (Wildman–Crippen LogP) is 5.00. The highest BCUT2D eigenvalue weighted by molar-refractivity contribution is 6.09. The molecule has 0 spiro atoms. The topological polar surface area (TPSA) is 59.5 Å². The van der Waals surface area contributed by atoms with Crippen LogP contribution in [0.25, 0.3) is 10.8 Å². The van der Waals surface area contributed by atoms with E-state index in [4.69, 9.17) is 4.74 Å². The number of Topliss-reactive ketones (excluding diaryl/α,β-unsaturated/α-hetero) is 1. The van der Waals surface area contributed by atoms with Crippen molar-refractivity contribution < 1.29 is 14.3 Å². The highest BCUT2D eigenvalue weighted by atomic mass is 16.6. The van der Waals surface area contributed by atoms with Crippen LogP contribution < -0.4 is 0 Å². The van der Waals surface area contributed by atoms with Crippen molar-refractivity contribution in [2.24, 2.45) is 5.92 Å². The number of rotatable bonds is 4. The zero-order chi connectivity index (χ0) is 20.5. The van der Waals surface area contributed by atoms with E-state index in [1.54, 1.807) is 12.4 Å². The van der Waals surface area contributed by atoms with Crippen molar-refractivity contribution in [3.63, 3.8) is 0 Å². The van der Waals surface area contributed by atoms with Crippen LogP contribution in [0.2, 0.25) is 0 Å². The summed E-state index contributed by atoms with van der Waals surface area (Å²) < 4.78 is 5.58. The molecule has 0 N–H and O–H groups in total. The molecule has 0 aliphatic carbocycles. The van der Waals surface area contributed by atoms with Gasteiger partial charge in [0, 0.05) is 41.3 Å². The Kier molecular flexibility index (Phi) is 4.95. The van der Waals surface area contributed by atoms with Gasteiger partial charge >= 0.3 is 6.09 Å². The lowest BCUT2D eigenvalue weighted by Crippen LogP contribution is -2.48. The summed E-state index contributed by atoms with van der Waals surface area (Å²) in [6.45, 7) is 0.279. The molecule has 2 saturated heterocycles. The average Bonchev–Trinajstić information content (AvgIpc) is 3.06. The van der Waals surface area contributed by atoms with Crippen LogP contribution in [-0.4, -0.2) is 33.8 Å². The molecule has 5 heteroatoms. The van der Waals surface area contributed by atoms with Crippen LogP contribution in [0, 0.1) is 5.92 Å². The molecule has 3 heterocycles. The lowest BCUT2D eigenvalue weighted by Gasteiger charge is -2.37. The van der Waals surface area contributed by atoms with Gasteiger partial charge in [-0.05, 0) is 42.7 Å². The van der Waals surface area contributed by atoms with Crippen LogP contribution >= 0.6 is 0 Å². The van der Waals surface area contributed by atoms with Crippen LogP contribution in [0.5, 0.6) is 0 Å². The van der Waals surface area contributed by atoms with Crippen molar-refractivity contribution in [1.82, 2.24) is 9.88 Å². The Labute approximate surface area is 175 Å². The number of hydrogen-bond donors (Lipinski definition) is 0. The predicted molar refractivity (Wildman–Crippen MR) is 114 cm³/mol. The number of carbonyl (C=O) groups is 2. The number of piperidine rings is 1. The van der Waals surface area contributed by atoms with E-state index >= 15 is 0 Å². The Balaban J connectivity index is 1.29. The molecule has 2 fully saturated rings. The second-order valence-corrected chi connectivity index (χ2v) is 8.27. The molecule has 0 saturated carbocycles. The lowest BCUT2D eigenvalue weighted by atomic mass is 9.84. The second kappa shape index (κ2) is 7.90. The monoisotopic (exact) mass is 400 g/mol. The Hall–Kier alpha value is -3.21. The van der Waals surface area contributed by atoms with Crippen LogP contribution in [-0.2, 0) is 11.3 Å². The van der Waals surface area contributed by atoms with Crippen molar-refractivity contribution in [3.05, 3.63) is 78.1 Å². The van der Waals surface area contributed by atoms with E-state index in [9.17, 15) is 9.59 Å². The summed E-state index contributed by atoms with van der Waals surface area (Å²) in [4.78, 5) is 32.2. The Bertz CT molecular complexity index is 1060. The first kappa shape index (κ1) is 18.8. The molecule has 30 heavy (non-hydrogen) atoms. The summed E-state index contributed by atoms with van der Waals surface area (Å²) in [5.74, 6) is 0.106. The van der Waals surface area contributed by atoms with E-state index in [0.29, 0.717) is 12.8 Å². The highest BCUT2D eigenvalue weighted by Gasteiger charge is 2.46. The summed E-state index contributed by atoms with van der Waals surface area (Å²) >= 11 is 0. The molecule has 2 aromatic carbocycles. The minimum atomic E-state index is -0.258. The number of carbonyl (C=O) groups excluding carboxylic acids is 2. The molecule has 2 unspecified atom stereocenters. The van der Waals surface area contributed by atoms with Crippen molar-refractivity contribution in [1.29, 1.82) is 0 Å². The fourth-order valence-electron chi connectivity index (χ4n) is 5.03. The molecule has 5 rings (SSSR count). The first-order valence-corrected chi connectivity index (χ1v) is 10.6. The minimum absolute atomic E-state index is 0.0634. The van der Waals surface area contributed by atoms with Gasteiger partial charge in [0.1, 0.15) is 6.61 Å². The zero-order valence-corrected chi connectivity index (χ0v) is 16.7. The smallest absolute Gasteiger partial charge is 0.410 e. The molecule has 1 amide bonds. The number of benzene rings is 2. The lowest BCUT2D eigenvalue weighted by molar-refractivity contribution is 0.0485. The summed E-state index contributed by atoms with van der Waals surface area (Å²) in [6, 6.07) is 17.6. The Morgan fingerprint density at radius 1 is 0.967 bits per heavy atom. The second-order valence-electron chi connectivity index (χ2n) is 8.27. The molecule has 5 nitrogen and oxygen atoms in total. The molecule has 2 aliphatic rings. The average molecular weight is 400 g/mol. The molecule has 1 aromatic heterocycles. The van der Waals surface area contributed by atoms with Gasteiger partial charge in [-0.1, -0.05) is 48.5 Å². The molecule has 3 aromatic rings. The summed E-state index contributed by atoms with van der Waals surface area (Å²) in [5, 5.41) is 1.93. The van der Waals surface area contributed by atoms with E-state index in [2.05, 4.69) is 4.98 Å². The van der Waals surface area contributed by atoms with E-state index < -0.39 is 0 Å². The van der Waals surface area contributed by atoms with Gasteiger partial charge in [0.25, 0.3) is 0 Å². The minimum Gasteiger partial charge on any atom is -0.445 e. The molecule has 2 bridgehead atoms. The van der Waals surface area contributed by atoms with Crippen molar-refractivity contribution in [3.8, 4) is 0 Å². The summed E-state index contributed by atoms with van der Waals surface area (Å²) in [6.07, 6.45) is 6.53. The summed E-state index contributed by atoms with van der Waals surface area (Å²) in [5.41, 5.74) is 1.72. The third-order valence-electron chi connectivity index (χ3n) is 6.47. The van der Waals surface area contributed by atoms with Gasteiger partial charge in [-0.15, -0.1) is 0 Å². The van der Waals surface area contributed by atoms with Crippen LogP contribution in [0.4, 0.5) is 4.79 Å². The third kappa shape index (κ3) is 3.45. The molecule has 0 radical (unpaired) electrons. The van der Waals surface area contributed by atoms with Crippen molar-refractivity contribution in [2.45, 2.75) is 44.4 Å². The van der Waals surface area contributed by atoms with Gasteiger partial charge in [-0.25, -0.2) is 4.79 Å². The standard InChI is InChI=1S/C25H24N2O3/c28-24(22-8-4-7-18-11-12-26-15-23(18)22)19-13-20-9-10-21(14-19)27(20)25(29)30-16-17-5-2-1-3-6-17/h1-8,11-12,15,19-21H,9-10,13-14,16H2. The number of aromatic nitrogens is 1. The number of hydrogen-bond acceptors (Lipinski definition) is 4. The molecule has 152 valence electrons. The van der Waals surface area contributed by atoms with Gasteiger partial charge < -0.3 is 9.64 Å². The highest BCUT2D eigenvalue weighted by Crippen LogP contribution is 2.40. The van der Waals surface area contributed by atoms with E-state index in [1.807, 2.05) is 59.5 Å². The quantitative estimate of drug-likeness (QED) is 0.579. The van der Waals surface area contributed by atoms with E-state index in [0.717, 1.165) is 34.7 Å². The normalized spacial score (nSPS) is 22.8. The van der Waals surface area contributed by atoms with Crippen molar-refractivity contribution in [2.75, 3.05) is 0 Å². The maximum atomic E-state index is 13.4. The van der Waals surface area contributed by atoms with Crippen LogP contribution in [0.15, 0.2) is 67.0 Å². The Morgan fingerprint density at radius 3 is 2.50 bits per heavy atom. The van der Waals surface area contributed by atoms with Crippen molar-refractivity contribution >= 4 is 22.6 Å². The van der Waals surface area contributed by atoms with Gasteiger partial charge in [-0.3, -0.25) is 9.78 Å². The van der Waals surface area contributed by atoms with E-state index in [-0.39, 0.29) is 36.5 Å². The fourth-order valence-corrected chi connectivity index (χ4v) is 5.03. The molecule has 2 aliphatic heterocycles. The molecule has 2 atom stereocenters. The number of fused-ring (bicyclic) bond motifs is 3. The number of nitrogens with zero attached hydrogens (tertiary/aromatic N) is 2. The molecular weight excluding hydrogens is 376 g/mol. The largest absolute Gasteiger partial charge is 0.445 e. The van der Waals surface area contributed by atoms with Crippen LogP contribution in [0.3, 0.4) is 0 Å². The first-order valence-electron chi connectivity index (χ1n) is 10.6. The number of pyridine rings is 1. The maximum absolute atomic E-state index is 13.4. The summed E-state index contributed by atoms with van der Waals surface area (Å²) in [7, 11) is 0.